The van der Waals surface area contributed by atoms with Gasteiger partial charge in [0.05, 0.1) is 12.7 Å². The average molecular weight is 694 g/mol. The van der Waals surface area contributed by atoms with Gasteiger partial charge in [0.25, 0.3) is 6.04 Å². The Labute approximate surface area is 279 Å². The molecule has 0 fully saturated rings. The van der Waals surface area contributed by atoms with E-state index < -0.39 is 84.2 Å². The molecule has 1 aromatic heterocycles. The first-order valence-electron chi connectivity index (χ1n) is 14.7. The Morgan fingerprint density at radius 2 is 1.47 bits per heavy atom. The zero-order valence-electron chi connectivity index (χ0n) is 26.9. The third-order valence-electron chi connectivity index (χ3n) is 6.35. The van der Waals surface area contributed by atoms with Crippen LogP contribution in [0.25, 0.3) is 0 Å². The summed E-state index contributed by atoms with van der Waals surface area (Å²) in [6, 6.07) is 1.61. The fourth-order valence-electron chi connectivity index (χ4n) is 3.99. The number of imidazole rings is 1. The highest BCUT2D eigenvalue weighted by Gasteiger charge is 2.33. The molecule has 9 N–H and O–H groups in total. The van der Waals surface area contributed by atoms with E-state index in [0.717, 1.165) is 6.92 Å². The minimum Gasteiger partial charge on any atom is -0.481 e. The third-order valence-corrected chi connectivity index (χ3v) is 6.35. The lowest BCUT2D eigenvalue weighted by Gasteiger charge is -2.26. The number of carboxylic acids is 2. The van der Waals surface area contributed by atoms with Crippen LogP contribution in [-0.2, 0) is 51.3 Å². The molecule has 0 aliphatic rings. The van der Waals surface area contributed by atoms with E-state index in [9.17, 15) is 43.1 Å². The molecule has 0 radical (unpaired) electrons. The molecule has 0 bridgehead atoms. The second-order valence-corrected chi connectivity index (χ2v) is 10.8. The van der Waals surface area contributed by atoms with Crippen LogP contribution < -0.4 is 27.0 Å². The fourth-order valence-corrected chi connectivity index (χ4v) is 3.99. The van der Waals surface area contributed by atoms with E-state index in [1.165, 1.54) is 12.5 Å². The standard InChI is InChI=1S/C28H37N7O10.C2H3FO/c1-15(2)23(35-28(44)45-13-16-6-4-3-5-7-16)26(41)32-18(8-9-21(29)36)24(39)33-19(10-17-12-30-14-31-17)25(40)34-20(27(42)43)11-22(37)38;1-2(3)4/h3-7,12,14-15,18-20,23H,8-11,13H2,1-2H3,(H2,29,36)(H,30,31)(H,32,41)(H,33,39)(H,34,40)(H,35,44)(H,37,38)(H,42,43);1H3/t18-,19-,20-,23-;/m0./s1. The number of alkyl carbamates (subject to hydrolysis) is 1. The molecule has 49 heavy (non-hydrogen) atoms. The van der Waals surface area contributed by atoms with Gasteiger partial charge in [-0.3, -0.25) is 28.8 Å². The van der Waals surface area contributed by atoms with Gasteiger partial charge < -0.3 is 46.9 Å². The number of nitrogens with one attached hydrogen (secondary N) is 5. The largest absolute Gasteiger partial charge is 0.481 e. The number of benzene rings is 1. The lowest BCUT2D eigenvalue weighted by molar-refractivity contribution is -0.147. The summed E-state index contributed by atoms with van der Waals surface area (Å²) in [7, 11) is 0. The Balaban J connectivity index is 0.00000283. The van der Waals surface area contributed by atoms with Crippen molar-refractivity contribution in [1.82, 2.24) is 31.2 Å². The van der Waals surface area contributed by atoms with Crippen LogP contribution >= 0.6 is 0 Å². The van der Waals surface area contributed by atoms with Crippen LogP contribution in [0.4, 0.5) is 9.18 Å². The predicted octanol–water partition coefficient (Wildman–Crippen LogP) is -0.315. The number of hydrogen-bond acceptors (Lipinski definition) is 10. The highest BCUT2D eigenvalue weighted by molar-refractivity contribution is 5.95. The predicted molar refractivity (Wildman–Crippen MR) is 167 cm³/mol. The van der Waals surface area contributed by atoms with Crippen molar-refractivity contribution < 1.29 is 57.7 Å². The maximum atomic E-state index is 13.4. The number of carboxylic acid groups (broad SMARTS) is 2. The van der Waals surface area contributed by atoms with E-state index in [1.54, 1.807) is 44.2 Å². The number of rotatable bonds is 18. The van der Waals surface area contributed by atoms with Crippen molar-refractivity contribution >= 4 is 47.7 Å². The Kier molecular flexibility index (Phi) is 17.7. The summed E-state index contributed by atoms with van der Waals surface area (Å²) in [5.74, 6) is -7.13. The molecule has 1 heterocycles. The number of ether oxygens (including phenoxy) is 1. The van der Waals surface area contributed by atoms with Gasteiger partial charge in [0.2, 0.25) is 23.6 Å². The number of halogens is 1. The number of hydrogen-bond donors (Lipinski definition) is 8. The van der Waals surface area contributed by atoms with Crippen LogP contribution in [0.3, 0.4) is 0 Å². The van der Waals surface area contributed by atoms with Gasteiger partial charge in [-0.2, -0.15) is 4.39 Å². The van der Waals surface area contributed by atoms with Crippen LogP contribution in [0.2, 0.25) is 0 Å². The quantitative estimate of drug-likeness (QED) is 0.0933. The minimum absolute atomic E-state index is 0.0578. The molecule has 19 heteroatoms. The fraction of sp³-hybridized carbons (Fsp3) is 0.433. The molecule has 2 aromatic rings. The normalized spacial score (nSPS) is 12.8. The molecule has 0 saturated heterocycles. The van der Waals surface area contributed by atoms with Gasteiger partial charge in [0, 0.05) is 31.7 Å². The van der Waals surface area contributed by atoms with Crippen molar-refractivity contribution in [2.45, 2.75) is 77.2 Å². The maximum Gasteiger partial charge on any atom is 0.408 e. The Hall–Kier alpha value is -5.88. The summed E-state index contributed by atoms with van der Waals surface area (Å²) < 4.78 is 15.6. The van der Waals surface area contributed by atoms with Crippen molar-refractivity contribution in [3.8, 4) is 0 Å². The first-order valence-corrected chi connectivity index (χ1v) is 14.7. The molecule has 0 spiro atoms. The number of carbonyl (C=O) groups excluding carboxylic acids is 6. The summed E-state index contributed by atoms with van der Waals surface area (Å²) in [6.07, 6.45) is -0.0231. The van der Waals surface area contributed by atoms with Crippen molar-refractivity contribution in [1.29, 1.82) is 0 Å². The minimum atomic E-state index is -1.80. The van der Waals surface area contributed by atoms with Crippen molar-refractivity contribution in [3.63, 3.8) is 0 Å². The number of primary amides is 1. The molecule has 0 saturated carbocycles. The van der Waals surface area contributed by atoms with E-state index in [-0.39, 0.29) is 25.9 Å². The van der Waals surface area contributed by atoms with Crippen molar-refractivity contribution in [2.24, 2.45) is 11.7 Å². The number of nitrogens with two attached hydrogens (primary N) is 1. The monoisotopic (exact) mass is 693 g/mol. The van der Waals surface area contributed by atoms with Crippen LogP contribution in [-0.4, -0.2) is 92.0 Å². The van der Waals surface area contributed by atoms with Gasteiger partial charge in [0.1, 0.15) is 30.8 Å². The smallest absolute Gasteiger partial charge is 0.408 e. The number of aliphatic carboxylic acids is 2. The zero-order chi connectivity index (χ0) is 37.1. The van der Waals surface area contributed by atoms with Gasteiger partial charge in [-0.1, -0.05) is 44.2 Å². The van der Waals surface area contributed by atoms with Gasteiger partial charge in [-0.05, 0) is 17.9 Å². The van der Waals surface area contributed by atoms with Gasteiger partial charge in [0.15, 0.2) is 0 Å². The van der Waals surface area contributed by atoms with Crippen molar-refractivity contribution in [2.75, 3.05) is 0 Å². The molecule has 0 unspecified atom stereocenters. The Morgan fingerprint density at radius 1 is 0.898 bits per heavy atom. The molecule has 268 valence electrons. The first kappa shape index (κ1) is 41.1. The SMILES string of the molecule is CC(=O)F.CC(C)[C@H](NC(=O)OCc1ccccc1)C(=O)N[C@@H](CCC(N)=O)C(=O)N[C@@H](Cc1cnc[nH]1)C(=O)N[C@@H](CC(=O)O)C(=O)O. The lowest BCUT2D eigenvalue weighted by atomic mass is 10.0. The second kappa shape index (κ2) is 21.1. The molecule has 1 aromatic carbocycles. The van der Waals surface area contributed by atoms with Crippen LogP contribution in [0, 0.1) is 5.92 Å². The van der Waals surface area contributed by atoms with Crippen LogP contribution in [0.1, 0.15) is 51.3 Å². The summed E-state index contributed by atoms with van der Waals surface area (Å²) in [4.78, 5) is 102. The summed E-state index contributed by atoms with van der Waals surface area (Å²) in [5, 5.41) is 27.8. The number of amides is 5. The summed E-state index contributed by atoms with van der Waals surface area (Å²) in [6.45, 7) is 4.08. The van der Waals surface area contributed by atoms with Crippen LogP contribution in [0.5, 0.6) is 0 Å². The van der Waals surface area contributed by atoms with Gasteiger partial charge in [-0.25, -0.2) is 14.6 Å². The lowest BCUT2D eigenvalue weighted by Crippen LogP contribution is -2.59. The molecule has 18 nitrogen and oxygen atoms in total. The molecular formula is C30H40FN7O11. The number of aromatic nitrogens is 2. The van der Waals surface area contributed by atoms with E-state index in [4.69, 9.17) is 20.4 Å². The molecule has 4 atom stereocenters. The Morgan fingerprint density at radius 3 is 1.98 bits per heavy atom. The number of carbonyl (C=O) groups is 8. The van der Waals surface area contributed by atoms with E-state index >= 15 is 0 Å². The third kappa shape index (κ3) is 17.0. The summed E-state index contributed by atoms with van der Waals surface area (Å²) in [5.41, 5.74) is 6.33. The second-order valence-electron chi connectivity index (χ2n) is 10.8. The van der Waals surface area contributed by atoms with E-state index in [1.807, 2.05) is 0 Å². The van der Waals surface area contributed by atoms with Gasteiger partial charge >= 0.3 is 18.0 Å². The van der Waals surface area contributed by atoms with Crippen LogP contribution in [0.15, 0.2) is 42.9 Å². The number of nitrogens with zero attached hydrogens (tertiary/aromatic N) is 1. The first-order chi connectivity index (χ1) is 23.0. The summed E-state index contributed by atoms with van der Waals surface area (Å²) >= 11 is 0. The van der Waals surface area contributed by atoms with Crippen molar-refractivity contribution in [3.05, 3.63) is 54.1 Å². The molecule has 5 amide bonds. The number of H-pyrrole nitrogens is 1. The van der Waals surface area contributed by atoms with E-state index in [2.05, 4.69) is 31.2 Å². The molecule has 0 aliphatic carbocycles. The zero-order valence-corrected chi connectivity index (χ0v) is 26.9. The maximum absolute atomic E-state index is 13.4. The topological polar surface area (TPSA) is 289 Å². The van der Waals surface area contributed by atoms with E-state index in [0.29, 0.717) is 11.3 Å². The highest BCUT2D eigenvalue weighted by atomic mass is 19.1. The molecular weight excluding hydrogens is 653 g/mol. The van der Waals surface area contributed by atoms with Gasteiger partial charge in [-0.15, -0.1) is 0 Å². The average Bonchev–Trinajstić information content (AvgIpc) is 3.53. The number of aromatic amines is 1. The highest BCUT2D eigenvalue weighted by Crippen LogP contribution is 2.08. The molecule has 2 rings (SSSR count). The Bertz CT molecular complexity index is 1430. The molecule has 0 aliphatic heterocycles.